The molecular formula is C13H17BrN2. The predicted octanol–water partition coefficient (Wildman–Crippen LogP) is 3.29. The molecule has 2 N–H and O–H groups in total. The van der Waals surface area contributed by atoms with Gasteiger partial charge in [0.05, 0.1) is 5.52 Å². The molecule has 0 bridgehead atoms. The molecule has 0 aromatic carbocycles. The van der Waals surface area contributed by atoms with Crippen molar-refractivity contribution in [1.29, 1.82) is 0 Å². The van der Waals surface area contributed by atoms with E-state index in [0.29, 0.717) is 0 Å². The fourth-order valence-corrected chi connectivity index (χ4v) is 2.56. The Hall–Kier alpha value is -0.800. The van der Waals surface area contributed by atoms with Crippen LogP contribution in [0, 0.1) is 6.92 Å². The molecule has 2 rings (SSSR count). The second-order valence-corrected chi connectivity index (χ2v) is 5.80. The monoisotopic (exact) mass is 280 g/mol. The number of pyridine rings is 1. The minimum atomic E-state index is -0.186. The van der Waals surface area contributed by atoms with E-state index >= 15 is 0 Å². The molecule has 0 saturated heterocycles. The predicted molar refractivity (Wildman–Crippen MR) is 71.8 cm³/mol. The van der Waals surface area contributed by atoms with E-state index in [2.05, 4.69) is 59.4 Å². The van der Waals surface area contributed by atoms with Gasteiger partial charge in [0, 0.05) is 28.3 Å². The van der Waals surface area contributed by atoms with Crippen LogP contribution in [0.15, 0.2) is 28.9 Å². The first-order chi connectivity index (χ1) is 7.40. The summed E-state index contributed by atoms with van der Waals surface area (Å²) in [5, 5.41) is 0. The lowest BCUT2D eigenvalue weighted by Crippen LogP contribution is -2.35. The molecule has 0 spiro atoms. The molecule has 0 aliphatic heterocycles. The van der Waals surface area contributed by atoms with Crippen LogP contribution >= 0.6 is 15.9 Å². The maximum absolute atomic E-state index is 6.11. The normalized spacial score (nSPS) is 12.3. The number of halogens is 1. The molecule has 3 heteroatoms. The molecule has 2 nitrogen and oxygen atoms in total. The van der Waals surface area contributed by atoms with Crippen molar-refractivity contribution in [1.82, 2.24) is 4.40 Å². The van der Waals surface area contributed by atoms with Gasteiger partial charge in [-0.3, -0.25) is 0 Å². The smallest absolute Gasteiger partial charge is 0.0597 e. The van der Waals surface area contributed by atoms with Crippen LogP contribution in [0.1, 0.15) is 25.1 Å². The van der Waals surface area contributed by atoms with E-state index in [4.69, 9.17) is 5.73 Å². The summed E-state index contributed by atoms with van der Waals surface area (Å²) in [5.41, 5.74) is 9.70. The van der Waals surface area contributed by atoms with Crippen molar-refractivity contribution < 1.29 is 0 Å². The summed E-state index contributed by atoms with van der Waals surface area (Å²) in [5.74, 6) is 0. The van der Waals surface area contributed by atoms with Gasteiger partial charge in [-0.25, -0.2) is 0 Å². The number of nitrogens with zero attached hydrogens (tertiary/aromatic N) is 1. The molecule has 0 atom stereocenters. The summed E-state index contributed by atoms with van der Waals surface area (Å²) >= 11 is 3.65. The molecule has 0 radical (unpaired) electrons. The molecule has 2 heterocycles. The quantitative estimate of drug-likeness (QED) is 0.899. The van der Waals surface area contributed by atoms with Crippen LogP contribution in [0.4, 0.5) is 0 Å². The van der Waals surface area contributed by atoms with E-state index in [9.17, 15) is 0 Å². The summed E-state index contributed by atoms with van der Waals surface area (Å²) in [7, 11) is 0. The third-order valence-electron chi connectivity index (χ3n) is 2.76. The number of nitrogens with two attached hydrogens (primary N) is 1. The highest BCUT2D eigenvalue weighted by Crippen LogP contribution is 2.29. The Kier molecular flexibility index (Phi) is 2.84. The molecule has 16 heavy (non-hydrogen) atoms. The van der Waals surface area contributed by atoms with Gasteiger partial charge >= 0.3 is 0 Å². The first-order valence-electron chi connectivity index (χ1n) is 5.43. The van der Waals surface area contributed by atoms with Gasteiger partial charge in [0.2, 0.25) is 0 Å². The van der Waals surface area contributed by atoms with Gasteiger partial charge in [0.25, 0.3) is 0 Å². The molecule has 0 saturated carbocycles. The summed E-state index contributed by atoms with van der Waals surface area (Å²) in [4.78, 5) is 0. The Bertz CT molecular complexity index is 520. The zero-order chi connectivity index (χ0) is 11.9. The molecule has 0 unspecified atom stereocenters. The summed E-state index contributed by atoms with van der Waals surface area (Å²) in [6, 6.07) is 6.22. The van der Waals surface area contributed by atoms with E-state index in [1.807, 2.05) is 6.07 Å². The van der Waals surface area contributed by atoms with Gasteiger partial charge in [-0.05, 0) is 54.4 Å². The fraction of sp³-hybridized carbons (Fsp3) is 0.385. The number of hydrogen-bond acceptors (Lipinski definition) is 1. The third kappa shape index (κ3) is 2.02. The van der Waals surface area contributed by atoms with E-state index < -0.39 is 0 Å². The zero-order valence-electron chi connectivity index (χ0n) is 9.92. The molecular weight excluding hydrogens is 264 g/mol. The Morgan fingerprint density at radius 2 is 2.06 bits per heavy atom. The molecule has 2 aromatic rings. The Balaban J connectivity index is 2.64. The van der Waals surface area contributed by atoms with Crippen molar-refractivity contribution in [2.75, 3.05) is 0 Å². The van der Waals surface area contributed by atoms with Crippen LogP contribution in [0.3, 0.4) is 0 Å². The van der Waals surface area contributed by atoms with E-state index in [-0.39, 0.29) is 5.54 Å². The second-order valence-electron chi connectivity index (χ2n) is 5.01. The molecule has 2 aromatic heterocycles. The molecule has 0 fully saturated rings. The largest absolute Gasteiger partial charge is 0.325 e. The molecule has 0 aliphatic carbocycles. The van der Waals surface area contributed by atoms with Crippen molar-refractivity contribution >= 4 is 21.4 Å². The van der Waals surface area contributed by atoms with Crippen LogP contribution in [-0.4, -0.2) is 9.94 Å². The lowest BCUT2D eigenvalue weighted by molar-refractivity contribution is 0.507. The standard InChI is InChI=1S/C13H17BrN2/c1-9-11(8-13(2,3)15)16-7-5-4-6-10(16)12(9)14/h4-7H,8,15H2,1-3H3. The fourth-order valence-electron chi connectivity index (χ4n) is 2.01. The van der Waals surface area contributed by atoms with Crippen molar-refractivity contribution in [2.45, 2.75) is 32.7 Å². The highest BCUT2D eigenvalue weighted by Gasteiger charge is 2.19. The summed E-state index contributed by atoms with van der Waals surface area (Å²) in [6.07, 6.45) is 2.96. The highest BCUT2D eigenvalue weighted by molar-refractivity contribution is 9.10. The first-order valence-corrected chi connectivity index (χ1v) is 6.22. The highest BCUT2D eigenvalue weighted by atomic mass is 79.9. The maximum atomic E-state index is 6.11. The van der Waals surface area contributed by atoms with Gasteiger partial charge in [-0.1, -0.05) is 6.07 Å². The number of aromatic nitrogens is 1. The SMILES string of the molecule is Cc1c(Br)c2ccccn2c1CC(C)(C)N. The summed E-state index contributed by atoms with van der Waals surface area (Å²) < 4.78 is 3.39. The van der Waals surface area contributed by atoms with E-state index in [1.54, 1.807) is 0 Å². The maximum Gasteiger partial charge on any atom is 0.0597 e. The van der Waals surface area contributed by atoms with Crippen molar-refractivity contribution in [3.63, 3.8) is 0 Å². The average Bonchev–Trinajstić information content (AvgIpc) is 2.43. The average molecular weight is 281 g/mol. The number of hydrogen-bond donors (Lipinski definition) is 1. The topological polar surface area (TPSA) is 30.4 Å². The summed E-state index contributed by atoms with van der Waals surface area (Å²) in [6.45, 7) is 6.25. The molecule has 0 aliphatic rings. The first kappa shape index (κ1) is 11.7. The molecule has 0 amide bonds. The zero-order valence-corrected chi connectivity index (χ0v) is 11.5. The Morgan fingerprint density at radius 3 is 2.69 bits per heavy atom. The Morgan fingerprint density at radius 1 is 1.38 bits per heavy atom. The third-order valence-corrected chi connectivity index (χ3v) is 3.76. The van der Waals surface area contributed by atoms with Gasteiger partial charge in [0.15, 0.2) is 0 Å². The number of fused-ring (bicyclic) bond motifs is 1. The van der Waals surface area contributed by atoms with Crippen LogP contribution in [0.5, 0.6) is 0 Å². The minimum Gasteiger partial charge on any atom is -0.325 e. The lowest BCUT2D eigenvalue weighted by atomic mass is 9.98. The second kappa shape index (κ2) is 3.90. The molecule has 86 valence electrons. The minimum absolute atomic E-state index is 0.186. The van der Waals surface area contributed by atoms with Gasteiger partial charge < -0.3 is 10.1 Å². The van der Waals surface area contributed by atoms with Gasteiger partial charge in [0.1, 0.15) is 0 Å². The van der Waals surface area contributed by atoms with Crippen molar-refractivity contribution in [3.05, 3.63) is 40.1 Å². The lowest BCUT2D eigenvalue weighted by Gasteiger charge is -2.19. The van der Waals surface area contributed by atoms with Crippen molar-refractivity contribution in [2.24, 2.45) is 5.73 Å². The van der Waals surface area contributed by atoms with Crippen LogP contribution in [0.2, 0.25) is 0 Å². The Labute approximate surface area is 105 Å². The van der Waals surface area contributed by atoms with Crippen molar-refractivity contribution in [3.8, 4) is 0 Å². The van der Waals surface area contributed by atoms with Crippen LogP contribution in [0.25, 0.3) is 5.52 Å². The van der Waals surface area contributed by atoms with Gasteiger partial charge in [-0.15, -0.1) is 0 Å². The van der Waals surface area contributed by atoms with Gasteiger partial charge in [-0.2, -0.15) is 0 Å². The van der Waals surface area contributed by atoms with E-state index in [1.165, 1.54) is 21.2 Å². The van der Waals surface area contributed by atoms with Crippen LogP contribution in [-0.2, 0) is 6.42 Å². The van der Waals surface area contributed by atoms with Crippen LogP contribution < -0.4 is 5.73 Å². The number of rotatable bonds is 2. The van der Waals surface area contributed by atoms with E-state index in [0.717, 1.165) is 6.42 Å².